The number of nitrogens with one attached hydrogen (secondary N) is 2. The zero-order valence-electron chi connectivity index (χ0n) is 12.3. The van der Waals surface area contributed by atoms with Gasteiger partial charge in [-0.15, -0.1) is 0 Å². The van der Waals surface area contributed by atoms with E-state index in [1.54, 1.807) is 0 Å². The Morgan fingerprint density at radius 2 is 1.95 bits per heavy atom. The number of hydrogen-bond acceptors (Lipinski definition) is 2. The Balaban J connectivity index is 1.80. The van der Waals surface area contributed by atoms with Crippen molar-refractivity contribution in [1.82, 2.24) is 0 Å². The summed E-state index contributed by atoms with van der Waals surface area (Å²) in [5.41, 5.74) is 8.07. The average Bonchev–Trinajstić information content (AvgIpc) is 2.49. The highest BCUT2D eigenvalue weighted by Crippen LogP contribution is 2.27. The topological polar surface area (TPSA) is 24.1 Å². The summed E-state index contributed by atoms with van der Waals surface area (Å²) >= 11 is 0. The molecule has 0 saturated heterocycles. The monoisotopic (exact) mass is 266 g/mol. The van der Waals surface area contributed by atoms with Crippen molar-refractivity contribution in [3.63, 3.8) is 0 Å². The Kier molecular flexibility index (Phi) is 3.64. The third kappa shape index (κ3) is 2.51. The van der Waals surface area contributed by atoms with E-state index in [1.807, 2.05) is 0 Å². The maximum atomic E-state index is 3.58. The number of hydrogen-bond donors (Lipinski definition) is 2. The smallest absolute Gasteiger partial charge is 0.0423 e. The zero-order valence-corrected chi connectivity index (χ0v) is 12.3. The molecule has 0 spiro atoms. The van der Waals surface area contributed by atoms with Crippen molar-refractivity contribution < 1.29 is 0 Å². The quantitative estimate of drug-likeness (QED) is 0.866. The molecule has 2 heteroatoms. The number of aryl methyl sites for hydroxylation is 2. The average molecular weight is 266 g/mol. The second-order valence-corrected chi connectivity index (χ2v) is 5.58. The summed E-state index contributed by atoms with van der Waals surface area (Å²) in [6.07, 6.45) is 2.43. The molecule has 0 bridgehead atoms. The van der Waals surface area contributed by atoms with Crippen LogP contribution in [0.5, 0.6) is 0 Å². The third-order valence-electron chi connectivity index (χ3n) is 4.24. The first kappa shape index (κ1) is 13.0. The molecule has 0 atom stereocenters. The summed E-state index contributed by atoms with van der Waals surface area (Å²) in [6, 6.07) is 13.1. The fourth-order valence-corrected chi connectivity index (χ4v) is 2.86. The Bertz CT molecular complexity index is 617. The van der Waals surface area contributed by atoms with E-state index in [0.29, 0.717) is 0 Å². The van der Waals surface area contributed by atoms with Gasteiger partial charge in [-0.05, 0) is 55.0 Å². The van der Waals surface area contributed by atoms with Crippen LogP contribution in [0.15, 0.2) is 36.4 Å². The van der Waals surface area contributed by atoms with Gasteiger partial charge in [-0.1, -0.05) is 30.3 Å². The molecule has 0 aliphatic carbocycles. The fourth-order valence-electron chi connectivity index (χ4n) is 2.86. The van der Waals surface area contributed by atoms with Gasteiger partial charge < -0.3 is 10.6 Å². The molecule has 0 saturated carbocycles. The Labute approximate surface area is 121 Å². The molecule has 1 heterocycles. The highest BCUT2D eigenvalue weighted by Gasteiger charge is 2.12. The second-order valence-electron chi connectivity index (χ2n) is 5.58. The van der Waals surface area contributed by atoms with Gasteiger partial charge in [0.15, 0.2) is 0 Å². The molecule has 0 radical (unpaired) electrons. The molecule has 1 aliphatic heterocycles. The van der Waals surface area contributed by atoms with Gasteiger partial charge in [0, 0.05) is 24.5 Å². The van der Waals surface area contributed by atoms with Crippen molar-refractivity contribution in [3.8, 4) is 0 Å². The Hall–Kier alpha value is -1.96. The van der Waals surface area contributed by atoms with Crippen LogP contribution in [0, 0.1) is 13.8 Å². The lowest BCUT2D eigenvalue weighted by atomic mass is 9.99. The van der Waals surface area contributed by atoms with Crippen LogP contribution < -0.4 is 10.6 Å². The van der Waals surface area contributed by atoms with Gasteiger partial charge in [-0.3, -0.25) is 0 Å². The van der Waals surface area contributed by atoms with Crippen LogP contribution in [0.25, 0.3) is 0 Å². The summed E-state index contributed by atoms with van der Waals surface area (Å²) in [6.45, 7) is 6.30. The van der Waals surface area contributed by atoms with Gasteiger partial charge in [-0.2, -0.15) is 0 Å². The number of fused-ring (bicyclic) bond motifs is 1. The molecule has 3 rings (SSSR count). The van der Waals surface area contributed by atoms with Crippen molar-refractivity contribution in [2.75, 3.05) is 17.2 Å². The van der Waals surface area contributed by atoms with Gasteiger partial charge in [-0.25, -0.2) is 0 Å². The van der Waals surface area contributed by atoms with Crippen LogP contribution in [-0.2, 0) is 13.0 Å². The first-order valence-electron chi connectivity index (χ1n) is 7.40. The summed E-state index contributed by atoms with van der Waals surface area (Å²) in [4.78, 5) is 0. The number of anilines is 2. The summed E-state index contributed by atoms with van der Waals surface area (Å²) in [5.74, 6) is 0. The molecule has 0 amide bonds. The van der Waals surface area contributed by atoms with Gasteiger partial charge in [0.25, 0.3) is 0 Å². The number of rotatable bonds is 3. The molecule has 0 aromatic heterocycles. The maximum absolute atomic E-state index is 3.58. The van der Waals surface area contributed by atoms with E-state index in [2.05, 4.69) is 60.9 Å². The van der Waals surface area contributed by atoms with Crippen molar-refractivity contribution in [1.29, 1.82) is 0 Å². The molecule has 2 aromatic carbocycles. The van der Waals surface area contributed by atoms with Gasteiger partial charge >= 0.3 is 0 Å². The normalized spacial score (nSPS) is 13.5. The van der Waals surface area contributed by atoms with Crippen LogP contribution in [0.2, 0.25) is 0 Å². The lowest BCUT2D eigenvalue weighted by Gasteiger charge is -2.22. The Morgan fingerprint density at radius 1 is 1.10 bits per heavy atom. The minimum Gasteiger partial charge on any atom is -0.385 e. The molecule has 2 aromatic rings. The van der Waals surface area contributed by atoms with E-state index in [4.69, 9.17) is 0 Å². The van der Waals surface area contributed by atoms with Gasteiger partial charge in [0.2, 0.25) is 0 Å². The van der Waals surface area contributed by atoms with Crippen molar-refractivity contribution in [2.24, 2.45) is 0 Å². The molecule has 104 valence electrons. The highest BCUT2D eigenvalue weighted by atomic mass is 14.9. The minimum atomic E-state index is 0.875. The number of benzene rings is 2. The van der Waals surface area contributed by atoms with Crippen LogP contribution in [0.1, 0.15) is 28.7 Å². The van der Waals surface area contributed by atoms with E-state index in [1.165, 1.54) is 46.5 Å². The summed E-state index contributed by atoms with van der Waals surface area (Å²) < 4.78 is 0. The van der Waals surface area contributed by atoms with Gasteiger partial charge in [0.05, 0.1) is 0 Å². The first-order chi connectivity index (χ1) is 9.75. The second kappa shape index (κ2) is 5.58. The third-order valence-corrected chi connectivity index (χ3v) is 4.24. The molecule has 20 heavy (non-hydrogen) atoms. The standard InChI is InChI=1S/C18H22N2/c1-13-6-3-10-17(14(13)2)20-12-16-8-4-7-15-9-5-11-19-18(15)16/h3-4,6-8,10,19-20H,5,9,11-12H2,1-2H3. The zero-order chi connectivity index (χ0) is 13.9. The number of para-hydroxylation sites is 1. The van der Waals surface area contributed by atoms with E-state index < -0.39 is 0 Å². The van der Waals surface area contributed by atoms with Crippen molar-refractivity contribution in [2.45, 2.75) is 33.2 Å². The predicted octanol–water partition coefficient (Wildman–Crippen LogP) is 4.27. The SMILES string of the molecule is Cc1cccc(NCc2cccc3c2NCCC3)c1C. The predicted molar refractivity (Wildman–Crippen MR) is 86.5 cm³/mol. The highest BCUT2D eigenvalue weighted by molar-refractivity contribution is 5.61. The van der Waals surface area contributed by atoms with E-state index in [0.717, 1.165) is 13.1 Å². The largest absolute Gasteiger partial charge is 0.385 e. The summed E-state index contributed by atoms with van der Waals surface area (Å²) in [7, 11) is 0. The molecule has 2 nitrogen and oxygen atoms in total. The van der Waals surface area contributed by atoms with Gasteiger partial charge in [0.1, 0.15) is 0 Å². The Morgan fingerprint density at radius 3 is 2.85 bits per heavy atom. The lowest BCUT2D eigenvalue weighted by Crippen LogP contribution is -2.15. The molecule has 0 fully saturated rings. The van der Waals surface area contributed by atoms with E-state index in [-0.39, 0.29) is 0 Å². The molecule has 1 aliphatic rings. The van der Waals surface area contributed by atoms with Crippen molar-refractivity contribution >= 4 is 11.4 Å². The molecular weight excluding hydrogens is 244 g/mol. The fraction of sp³-hybridized carbons (Fsp3) is 0.333. The molecular formula is C18H22N2. The minimum absolute atomic E-state index is 0.875. The van der Waals surface area contributed by atoms with Crippen molar-refractivity contribution in [3.05, 3.63) is 58.7 Å². The lowest BCUT2D eigenvalue weighted by molar-refractivity contribution is 0.825. The first-order valence-corrected chi connectivity index (χ1v) is 7.40. The van der Waals surface area contributed by atoms with Crippen LogP contribution in [0.4, 0.5) is 11.4 Å². The maximum Gasteiger partial charge on any atom is 0.0423 e. The molecule has 2 N–H and O–H groups in total. The summed E-state index contributed by atoms with van der Waals surface area (Å²) in [5, 5.41) is 7.13. The van der Waals surface area contributed by atoms with E-state index >= 15 is 0 Å². The molecule has 0 unspecified atom stereocenters. The van der Waals surface area contributed by atoms with Crippen LogP contribution in [0.3, 0.4) is 0 Å². The van der Waals surface area contributed by atoms with Crippen LogP contribution in [-0.4, -0.2) is 6.54 Å². The van der Waals surface area contributed by atoms with Crippen LogP contribution >= 0.6 is 0 Å². The van der Waals surface area contributed by atoms with E-state index in [9.17, 15) is 0 Å².